The summed E-state index contributed by atoms with van der Waals surface area (Å²) in [7, 11) is 0. The second-order valence-electron chi connectivity index (χ2n) is 5.75. The number of epoxide rings is 1. The SMILES string of the molecule is CC(CC1OC1C)c1ccc2c(c1)CCCC2. The Balaban J connectivity index is 1.73. The van der Waals surface area contributed by atoms with E-state index in [2.05, 4.69) is 32.0 Å². The molecule has 1 heterocycles. The minimum absolute atomic E-state index is 0.495. The molecule has 0 radical (unpaired) electrons. The predicted molar refractivity (Wildman–Crippen MR) is 70.5 cm³/mol. The number of rotatable bonds is 3. The largest absolute Gasteiger partial charge is 0.370 e. The predicted octanol–water partition coefficient (Wildman–Crippen LogP) is 3.85. The van der Waals surface area contributed by atoms with Gasteiger partial charge in [0.2, 0.25) is 0 Å². The number of hydrogen-bond acceptors (Lipinski definition) is 1. The van der Waals surface area contributed by atoms with Crippen molar-refractivity contribution < 1.29 is 4.74 Å². The molecule has 2 aliphatic rings. The molecule has 1 saturated heterocycles. The summed E-state index contributed by atoms with van der Waals surface area (Å²) >= 11 is 0. The molecule has 3 unspecified atom stereocenters. The smallest absolute Gasteiger partial charge is 0.0844 e. The Morgan fingerprint density at radius 1 is 1.24 bits per heavy atom. The molecule has 0 bridgehead atoms. The highest BCUT2D eigenvalue weighted by molar-refractivity contribution is 5.35. The van der Waals surface area contributed by atoms with Gasteiger partial charge in [0.25, 0.3) is 0 Å². The maximum atomic E-state index is 5.52. The van der Waals surface area contributed by atoms with E-state index in [0.29, 0.717) is 18.1 Å². The molecule has 1 aliphatic carbocycles. The van der Waals surface area contributed by atoms with Gasteiger partial charge >= 0.3 is 0 Å². The van der Waals surface area contributed by atoms with Gasteiger partial charge in [0.15, 0.2) is 0 Å². The molecule has 0 aromatic heterocycles. The van der Waals surface area contributed by atoms with Crippen molar-refractivity contribution in [3.05, 3.63) is 34.9 Å². The molecule has 0 saturated carbocycles. The molecular formula is C16H22O. The van der Waals surface area contributed by atoms with Gasteiger partial charge in [-0.15, -0.1) is 0 Å². The zero-order valence-electron chi connectivity index (χ0n) is 10.9. The third-order valence-corrected chi connectivity index (χ3v) is 4.36. The first-order valence-electron chi connectivity index (χ1n) is 7.01. The molecule has 3 rings (SSSR count). The van der Waals surface area contributed by atoms with E-state index in [4.69, 9.17) is 4.74 Å². The number of hydrogen-bond donors (Lipinski definition) is 0. The summed E-state index contributed by atoms with van der Waals surface area (Å²) in [6.45, 7) is 4.50. The van der Waals surface area contributed by atoms with Gasteiger partial charge in [-0.2, -0.15) is 0 Å². The van der Waals surface area contributed by atoms with Gasteiger partial charge in [0, 0.05) is 0 Å². The maximum absolute atomic E-state index is 5.52. The van der Waals surface area contributed by atoms with E-state index in [-0.39, 0.29) is 0 Å². The number of aryl methyl sites for hydroxylation is 2. The van der Waals surface area contributed by atoms with E-state index >= 15 is 0 Å². The van der Waals surface area contributed by atoms with Crippen LogP contribution in [0.15, 0.2) is 18.2 Å². The highest BCUT2D eigenvalue weighted by Crippen LogP contribution is 2.33. The molecule has 0 N–H and O–H groups in total. The number of benzene rings is 1. The van der Waals surface area contributed by atoms with Gasteiger partial charge in [-0.1, -0.05) is 25.1 Å². The van der Waals surface area contributed by atoms with Crippen molar-refractivity contribution in [3.8, 4) is 0 Å². The van der Waals surface area contributed by atoms with Crippen LogP contribution in [-0.4, -0.2) is 12.2 Å². The van der Waals surface area contributed by atoms with Crippen LogP contribution in [0.1, 0.15) is 55.7 Å². The second-order valence-corrected chi connectivity index (χ2v) is 5.75. The van der Waals surface area contributed by atoms with Gasteiger partial charge in [-0.05, 0) is 61.6 Å². The van der Waals surface area contributed by atoms with E-state index in [1.807, 2.05) is 0 Å². The van der Waals surface area contributed by atoms with Crippen LogP contribution in [0.3, 0.4) is 0 Å². The zero-order valence-corrected chi connectivity index (χ0v) is 10.9. The molecule has 0 amide bonds. The third kappa shape index (κ3) is 2.40. The van der Waals surface area contributed by atoms with Crippen molar-refractivity contribution in [2.45, 2.75) is 64.1 Å². The summed E-state index contributed by atoms with van der Waals surface area (Å²) in [5, 5.41) is 0. The van der Waals surface area contributed by atoms with Crippen molar-refractivity contribution >= 4 is 0 Å². The topological polar surface area (TPSA) is 12.5 Å². The van der Waals surface area contributed by atoms with Crippen LogP contribution in [-0.2, 0) is 17.6 Å². The zero-order chi connectivity index (χ0) is 11.8. The lowest BCUT2D eigenvalue weighted by atomic mass is 9.87. The molecule has 1 heteroatoms. The van der Waals surface area contributed by atoms with Crippen molar-refractivity contribution in [1.29, 1.82) is 0 Å². The number of fused-ring (bicyclic) bond motifs is 1. The fraction of sp³-hybridized carbons (Fsp3) is 0.625. The standard InChI is InChI=1S/C16H22O/c1-11(9-16-12(2)17-16)14-8-7-13-5-3-4-6-15(13)10-14/h7-8,10-12,16H,3-6,9H2,1-2H3. The molecule has 1 aromatic rings. The fourth-order valence-electron chi connectivity index (χ4n) is 3.02. The first kappa shape index (κ1) is 11.3. The van der Waals surface area contributed by atoms with Crippen LogP contribution >= 0.6 is 0 Å². The second kappa shape index (κ2) is 4.45. The molecule has 3 atom stereocenters. The van der Waals surface area contributed by atoms with Crippen molar-refractivity contribution in [1.82, 2.24) is 0 Å². The minimum atomic E-state index is 0.495. The molecule has 17 heavy (non-hydrogen) atoms. The average molecular weight is 230 g/mol. The molecule has 0 spiro atoms. The third-order valence-electron chi connectivity index (χ3n) is 4.36. The van der Waals surface area contributed by atoms with E-state index < -0.39 is 0 Å². The summed E-state index contributed by atoms with van der Waals surface area (Å²) in [5.74, 6) is 0.636. The van der Waals surface area contributed by atoms with Gasteiger partial charge in [0.1, 0.15) is 0 Å². The molecule has 1 aromatic carbocycles. The van der Waals surface area contributed by atoms with E-state index in [0.717, 1.165) is 0 Å². The average Bonchev–Trinajstić information content (AvgIpc) is 3.04. The summed E-state index contributed by atoms with van der Waals surface area (Å²) in [6, 6.07) is 7.14. The molecular weight excluding hydrogens is 208 g/mol. The lowest BCUT2D eigenvalue weighted by Crippen LogP contribution is -2.06. The lowest BCUT2D eigenvalue weighted by Gasteiger charge is -2.19. The van der Waals surface area contributed by atoms with Gasteiger partial charge < -0.3 is 4.74 Å². The Morgan fingerprint density at radius 3 is 2.65 bits per heavy atom. The van der Waals surface area contributed by atoms with Crippen molar-refractivity contribution in [3.63, 3.8) is 0 Å². The van der Waals surface area contributed by atoms with Crippen molar-refractivity contribution in [2.24, 2.45) is 0 Å². The van der Waals surface area contributed by atoms with E-state index in [1.165, 1.54) is 37.7 Å². The van der Waals surface area contributed by atoms with Crippen LogP contribution in [0.25, 0.3) is 0 Å². The van der Waals surface area contributed by atoms with Gasteiger partial charge in [-0.25, -0.2) is 0 Å². The molecule has 1 fully saturated rings. The molecule has 1 nitrogen and oxygen atoms in total. The summed E-state index contributed by atoms with van der Waals surface area (Å²) in [5.41, 5.74) is 4.70. The Morgan fingerprint density at radius 2 is 1.94 bits per heavy atom. The summed E-state index contributed by atoms with van der Waals surface area (Å²) in [6.07, 6.45) is 7.50. The fourth-order valence-corrected chi connectivity index (χ4v) is 3.02. The van der Waals surface area contributed by atoms with Crippen molar-refractivity contribution in [2.75, 3.05) is 0 Å². The first-order valence-corrected chi connectivity index (χ1v) is 7.01. The van der Waals surface area contributed by atoms with E-state index in [1.54, 1.807) is 11.1 Å². The first-order chi connectivity index (χ1) is 8.24. The highest BCUT2D eigenvalue weighted by atomic mass is 16.6. The Bertz CT molecular complexity index is 410. The molecule has 92 valence electrons. The molecule has 1 aliphatic heterocycles. The minimum Gasteiger partial charge on any atom is -0.370 e. The lowest BCUT2D eigenvalue weighted by molar-refractivity contribution is 0.362. The van der Waals surface area contributed by atoms with Crippen LogP contribution in [0.4, 0.5) is 0 Å². The Hall–Kier alpha value is -0.820. The highest BCUT2D eigenvalue weighted by Gasteiger charge is 2.35. The quantitative estimate of drug-likeness (QED) is 0.719. The van der Waals surface area contributed by atoms with E-state index in [9.17, 15) is 0 Å². The van der Waals surface area contributed by atoms with Crippen LogP contribution in [0.5, 0.6) is 0 Å². The van der Waals surface area contributed by atoms with Gasteiger partial charge in [-0.3, -0.25) is 0 Å². The normalized spacial score (nSPS) is 28.6. The summed E-state index contributed by atoms with van der Waals surface area (Å²) < 4.78 is 5.52. The van der Waals surface area contributed by atoms with Crippen LogP contribution < -0.4 is 0 Å². The van der Waals surface area contributed by atoms with Gasteiger partial charge in [0.05, 0.1) is 12.2 Å². The maximum Gasteiger partial charge on any atom is 0.0844 e. The monoisotopic (exact) mass is 230 g/mol. The Labute approximate surface area is 104 Å². The number of ether oxygens (including phenoxy) is 1. The Kier molecular flexibility index (Phi) is 2.96. The summed E-state index contributed by atoms with van der Waals surface area (Å²) in [4.78, 5) is 0. The van der Waals surface area contributed by atoms with Crippen LogP contribution in [0, 0.1) is 0 Å². The van der Waals surface area contributed by atoms with Crippen LogP contribution in [0.2, 0.25) is 0 Å².